The standard InChI is InChI=1S/C40H26N2S/c1-40(2)32-12-6-3-11-30(32)38-33(40)19-18-29-31-22-25(16-20-37(31)43-39(29)38)26-17-15-24(23-41)21-36(26)42-34-13-7-4-9-27(34)28-10-5-8-14-35(28)42/h3-22H,1-2H3. The fourth-order valence-electron chi connectivity index (χ4n) is 7.40. The maximum Gasteiger partial charge on any atom is 0.0992 e. The van der Waals surface area contributed by atoms with E-state index in [1.807, 2.05) is 23.5 Å². The number of fused-ring (bicyclic) bond motifs is 10. The molecule has 0 saturated carbocycles. The second kappa shape index (κ2) is 8.67. The summed E-state index contributed by atoms with van der Waals surface area (Å²) in [6, 6.07) is 46.0. The molecule has 1 aliphatic rings. The zero-order chi connectivity index (χ0) is 28.9. The van der Waals surface area contributed by atoms with Crippen LogP contribution in [-0.4, -0.2) is 4.57 Å². The molecule has 3 heteroatoms. The first kappa shape index (κ1) is 24.4. The van der Waals surface area contributed by atoms with Crippen LogP contribution in [0.15, 0.2) is 121 Å². The van der Waals surface area contributed by atoms with E-state index in [1.165, 1.54) is 53.2 Å². The summed E-state index contributed by atoms with van der Waals surface area (Å²) < 4.78 is 4.98. The van der Waals surface area contributed by atoms with Gasteiger partial charge in [-0.2, -0.15) is 5.26 Å². The number of benzene rings is 6. The van der Waals surface area contributed by atoms with Gasteiger partial charge >= 0.3 is 0 Å². The first-order chi connectivity index (χ1) is 21.0. The maximum absolute atomic E-state index is 9.91. The second-order valence-electron chi connectivity index (χ2n) is 12.1. The van der Waals surface area contributed by atoms with Crippen LogP contribution >= 0.6 is 11.3 Å². The zero-order valence-corrected chi connectivity index (χ0v) is 24.7. The fraction of sp³-hybridized carbons (Fsp3) is 0.0750. The minimum absolute atomic E-state index is 0.0127. The van der Waals surface area contributed by atoms with Gasteiger partial charge in [-0.25, -0.2) is 0 Å². The van der Waals surface area contributed by atoms with Crippen LogP contribution in [0.1, 0.15) is 30.5 Å². The Kier molecular flexibility index (Phi) is 4.93. The van der Waals surface area contributed by atoms with Crippen molar-refractivity contribution in [3.05, 3.63) is 138 Å². The summed E-state index contributed by atoms with van der Waals surface area (Å²) in [5.41, 5.74) is 11.8. The van der Waals surface area contributed by atoms with E-state index in [0.29, 0.717) is 5.56 Å². The minimum atomic E-state index is -0.0127. The van der Waals surface area contributed by atoms with Crippen LogP contribution in [0, 0.1) is 11.3 Å². The molecule has 8 aromatic rings. The molecule has 0 spiro atoms. The lowest BCUT2D eigenvalue weighted by Crippen LogP contribution is -2.14. The molecule has 0 aliphatic heterocycles. The van der Waals surface area contributed by atoms with Gasteiger partial charge in [-0.15, -0.1) is 11.3 Å². The Morgan fingerprint density at radius 2 is 1.35 bits per heavy atom. The van der Waals surface area contributed by atoms with Crippen molar-refractivity contribution in [3.8, 4) is 34.0 Å². The smallest absolute Gasteiger partial charge is 0.0992 e. The summed E-state index contributed by atoms with van der Waals surface area (Å²) in [6.07, 6.45) is 0. The molecule has 0 radical (unpaired) electrons. The van der Waals surface area contributed by atoms with Crippen LogP contribution in [0.4, 0.5) is 0 Å². The van der Waals surface area contributed by atoms with E-state index in [0.717, 1.165) is 27.8 Å². The number of hydrogen-bond acceptors (Lipinski definition) is 2. The average Bonchev–Trinajstić information content (AvgIpc) is 3.66. The van der Waals surface area contributed by atoms with Gasteiger partial charge in [-0.05, 0) is 58.7 Å². The molecule has 202 valence electrons. The molecule has 0 amide bonds. The van der Waals surface area contributed by atoms with Gasteiger partial charge in [0.15, 0.2) is 0 Å². The van der Waals surface area contributed by atoms with Gasteiger partial charge in [-0.1, -0.05) is 98.8 Å². The highest BCUT2D eigenvalue weighted by Gasteiger charge is 2.36. The molecule has 0 unspecified atom stereocenters. The van der Waals surface area contributed by atoms with Gasteiger partial charge in [0.2, 0.25) is 0 Å². The van der Waals surface area contributed by atoms with Crippen molar-refractivity contribution < 1.29 is 0 Å². The number of nitriles is 1. The molecule has 1 aliphatic carbocycles. The van der Waals surface area contributed by atoms with Gasteiger partial charge in [0, 0.05) is 47.5 Å². The van der Waals surface area contributed by atoms with Crippen LogP contribution in [0.3, 0.4) is 0 Å². The van der Waals surface area contributed by atoms with Crippen molar-refractivity contribution >= 4 is 53.3 Å². The summed E-state index contributed by atoms with van der Waals surface area (Å²) in [6.45, 7) is 4.69. The number of aromatic nitrogens is 1. The predicted molar refractivity (Wildman–Crippen MR) is 181 cm³/mol. The monoisotopic (exact) mass is 566 g/mol. The summed E-state index contributed by atoms with van der Waals surface area (Å²) in [7, 11) is 0. The third-order valence-corrected chi connectivity index (χ3v) is 10.6. The Morgan fingerprint density at radius 3 is 2.12 bits per heavy atom. The van der Waals surface area contributed by atoms with E-state index < -0.39 is 0 Å². The first-order valence-corrected chi connectivity index (χ1v) is 15.5. The lowest BCUT2D eigenvalue weighted by molar-refractivity contribution is 0.661. The van der Waals surface area contributed by atoms with Crippen LogP contribution in [0.2, 0.25) is 0 Å². The fourth-order valence-corrected chi connectivity index (χ4v) is 8.64. The molecular weight excluding hydrogens is 541 g/mol. The largest absolute Gasteiger partial charge is 0.309 e. The molecule has 0 N–H and O–H groups in total. The highest BCUT2D eigenvalue weighted by molar-refractivity contribution is 7.26. The zero-order valence-electron chi connectivity index (χ0n) is 23.8. The molecule has 0 saturated heterocycles. The molecule has 6 aromatic carbocycles. The van der Waals surface area contributed by atoms with Gasteiger partial charge < -0.3 is 4.57 Å². The van der Waals surface area contributed by atoms with Crippen molar-refractivity contribution in [2.45, 2.75) is 19.3 Å². The van der Waals surface area contributed by atoms with E-state index >= 15 is 0 Å². The van der Waals surface area contributed by atoms with Gasteiger partial charge in [0.05, 0.1) is 28.4 Å². The van der Waals surface area contributed by atoms with Gasteiger partial charge in [0.1, 0.15) is 0 Å². The van der Waals surface area contributed by atoms with Crippen LogP contribution in [0.25, 0.3) is 69.9 Å². The molecule has 9 rings (SSSR count). The topological polar surface area (TPSA) is 28.7 Å². The Labute approximate surface area is 253 Å². The second-order valence-corrected chi connectivity index (χ2v) is 13.1. The van der Waals surface area contributed by atoms with Crippen LogP contribution in [-0.2, 0) is 5.41 Å². The lowest BCUT2D eigenvalue weighted by Gasteiger charge is -2.21. The van der Waals surface area contributed by atoms with E-state index in [2.05, 4.69) is 134 Å². The highest BCUT2D eigenvalue weighted by atomic mass is 32.1. The van der Waals surface area contributed by atoms with Crippen LogP contribution < -0.4 is 0 Å². The summed E-state index contributed by atoms with van der Waals surface area (Å²) in [5.74, 6) is 0. The number of rotatable bonds is 2. The first-order valence-electron chi connectivity index (χ1n) is 14.7. The maximum atomic E-state index is 9.91. The minimum Gasteiger partial charge on any atom is -0.309 e. The van der Waals surface area contributed by atoms with Crippen LogP contribution in [0.5, 0.6) is 0 Å². The Morgan fingerprint density at radius 1 is 0.628 bits per heavy atom. The molecule has 2 nitrogen and oxygen atoms in total. The molecule has 2 heterocycles. The summed E-state index contributed by atoms with van der Waals surface area (Å²) in [4.78, 5) is 0. The molecule has 0 bridgehead atoms. The van der Waals surface area contributed by atoms with E-state index in [1.54, 1.807) is 0 Å². The van der Waals surface area contributed by atoms with E-state index in [4.69, 9.17) is 0 Å². The van der Waals surface area contributed by atoms with E-state index in [-0.39, 0.29) is 5.41 Å². The molecule has 43 heavy (non-hydrogen) atoms. The van der Waals surface area contributed by atoms with Crippen molar-refractivity contribution in [3.63, 3.8) is 0 Å². The van der Waals surface area contributed by atoms with Gasteiger partial charge in [-0.3, -0.25) is 0 Å². The number of thiophene rings is 1. The Balaban J connectivity index is 1.31. The lowest BCUT2D eigenvalue weighted by atomic mass is 9.82. The van der Waals surface area contributed by atoms with Crippen molar-refractivity contribution in [1.82, 2.24) is 4.57 Å². The summed E-state index contributed by atoms with van der Waals surface area (Å²) >= 11 is 1.90. The molecule has 0 fully saturated rings. The SMILES string of the molecule is CC1(C)c2ccccc2-c2c1ccc1c2sc2ccc(-c3ccc(C#N)cc3-n3c4ccccc4c4ccccc43)cc21. The molecule has 0 atom stereocenters. The van der Waals surface area contributed by atoms with E-state index in [9.17, 15) is 5.26 Å². The van der Waals surface area contributed by atoms with Crippen molar-refractivity contribution in [2.75, 3.05) is 0 Å². The van der Waals surface area contributed by atoms with Crippen molar-refractivity contribution in [1.29, 1.82) is 5.26 Å². The third kappa shape index (κ3) is 3.27. The van der Waals surface area contributed by atoms with Gasteiger partial charge in [0.25, 0.3) is 0 Å². The summed E-state index contributed by atoms with van der Waals surface area (Å²) in [5, 5.41) is 14.9. The normalized spacial score (nSPS) is 13.5. The third-order valence-electron chi connectivity index (χ3n) is 9.44. The highest BCUT2D eigenvalue weighted by Crippen LogP contribution is 2.54. The Bertz CT molecular complexity index is 2450. The van der Waals surface area contributed by atoms with Crippen molar-refractivity contribution in [2.24, 2.45) is 0 Å². The Hall–Kier alpha value is -5.17. The average molecular weight is 567 g/mol. The molecular formula is C40H26N2S. The number of nitrogens with zero attached hydrogens (tertiary/aromatic N) is 2. The quantitative estimate of drug-likeness (QED) is 0.205. The number of para-hydroxylation sites is 2. The number of hydrogen-bond donors (Lipinski definition) is 0. The molecule has 2 aromatic heterocycles. The predicted octanol–water partition coefficient (Wildman–Crippen LogP) is 11.0.